The van der Waals surface area contributed by atoms with Crippen molar-refractivity contribution in [2.45, 2.75) is 25.6 Å². The maximum Gasteiger partial charge on any atom is 0.408 e. The van der Waals surface area contributed by atoms with Gasteiger partial charge in [-0.3, -0.25) is 4.79 Å². The number of hydrogen-bond donors (Lipinski definition) is 3. The Morgan fingerprint density at radius 3 is 2.61 bits per heavy atom. The predicted molar refractivity (Wildman–Crippen MR) is 116 cm³/mol. The molecule has 0 spiro atoms. The number of nitrogens with one attached hydrogen (secondary N) is 3. The van der Waals surface area contributed by atoms with E-state index in [-0.39, 0.29) is 19.1 Å². The van der Waals surface area contributed by atoms with Crippen molar-refractivity contribution in [2.75, 3.05) is 0 Å². The molecule has 7 nitrogen and oxygen atoms in total. The molecule has 2 amide bonds. The first-order valence-corrected chi connectivity index (χ1v) is 10.0. The number of rotatable bonds is 8. The number of ether oxygens (including phenoxy) is 1. The van der Waals surface area contributed by atoms with Gasteiger partial charge in [0, 0.05) is 23.5 Å². The van der Waals surface area contributed by atoms with Crippen molar-refractivity contribution in [1.29, 1.82) is 0 Å². The van der Waals surface area contributed by atoms with E-state index in [9.17, 15) is 9.59 Å². The molecule has 158 valence electrons. The first-order valence-electron chi connectivity index (χ1n) is 10.0. The molecule has 4 aromatic rings. The summed E-state index contributed by atoms with van der Waals surface area (Å²) in [7, 11) is 0. The van der Waals surface area contributed by atoms with Gasteiger partial charge < -0.3 is 24.8 Å². The molecule has 2 heterocycles. The summed E-state index contributed by atoms with van der Waals surface area (Å²) in [4.78, 5) is 28.5. The molecule has 0 saturated heterocycles. The summed E-state index contributed by atoms with van der Waals surface area (Å²) in [5.41, 5.74) is 2.77. The highest BCUT2D eigenvalue weighted by Gasteiger charge is 2.23. The molecule has 0 fully saturated rings. The van der Waals surface area contributed by atoms with Crippen LogP contribution in [-0.4, -0.2) is 23.0 Å². The highest BCUT2D eigenvalue weighted by Crippen LogP contribution is 2.19. The van der Waals surface area contributed by atoms with Gasteiger partial charge in [-0.1, -0.05) is 48.5 Å². The molecule has 3 N–H and O–H groups in total. The van der Waals surface area contributed by atoms with Crippen LogP contribution in [0.5, 0.6) is 0 Å². The number of aromatic amines is 1. The lowest BCUT2D eigenvalue weighted by Gasteiger charge is -2.18. The number of carbonyl (C=O) groups is 2. The van der Waals surface area contributed by atoms with E-state index in [1.54, 1.807) is 18.4 Å². The van der Waals surface area contributed by atoms with Crippen molar-refractivity contribution < 1.29 is 18.7 Å². The zero-order valence-corrected chi connectivity index (χ0v) is 16.8. The fourth-order valence-corrected chi connectivity index (χ4v) is 3.35. The van der Waals surface area contributed by atoms with Crippen LogP contribution in [0.1, 0.15) is 16.9 Å². The molecule has 4 rings (SSSR count). The molecular formula is C24H23N3O4. The summed E-state index contributed by atoms with van der Waals surface area (Å²) in [5.74, 6) is 0.309. The molecule has 7 heteroatoms. The molecule has 0 bridgehead atoms. The normalized spacial score (nSPS) is 11.7. The van der Waals surface area contributed by atoms with E-state index in [1.165, 1.54) is 0 Å². The first kappa shape index (κ1) is 20.3. The van der Waals surface area contributed by atoms with E-state index in [0.717, 1.165) is 22.0 Å². The molecular weight excluding hydrogens is 394 g/mol. The number of amides is 2. The second-order valence-electron chi connectivity index (χ2n) is 7.12. The summed E-state index contributed by atoms with van der Waals surface area (Å²) in [5, 5.41) is 6.52. The van der Waals surface area contributed by atoms with Crippen LogP contribution in [0.2, 0.25) is 0 Å². The number of fused-ring (bicyclic) bond motifs is 1. The quantitative estimate of drug-likeness (QED) is 0.405. The third kappa shape index (κ3) is 5.33. The highest BCUT2D eigenvalue weighted by atomic mass is 16.5. The van der Waals surface area contributed by atoms with Crippen LogP contribution in [0, 0.1) is 0 Å². The second kappa shape index (κ2) is 9.67. The van der Waals surface area contributed by atoms with Crippen LogP contribution in [0.15, 0.2) is 83.6 Å². The maximum absolute atomic E-state index is 12.9. The van der Waals surface area contributed by atoms with Crippen molar-refractivity contribution in [1.82, 2.24) is 15.6 Å². The van der Waals surface area contributed by atoms with E-state index in [0.29, 0.717) is 12.2 Å². The standard InChI is InChI=1S/C24H23N3O4/c28-23(26-15-19-9-6-12-30-19)22(13-18-14-25-21-11-5-4-10-20(18)21)27-24(29)31-16-17-7-2-1-3-8-17/h1-12,14,22,25H,13,15-16H2,(H,26,28)(H,27,29)/t22-/m0/s1. The molecule has 0 saturated carbocycles. The Morgan fingerprint density at radius 2 is 1.81 bits per heavy atom. The van der Waals surface area contributed by atoms with Crippen molar-refractivity contribution in [3.8, 4) is 0 Å². The number of hydrogen-bond acceptors (Lipinski definition) is 4. The van der Waals surface area contributed by atoms with Gasteiger partial charge in [0.05, 0.1) is 12.8 Å². The van der Waals surface area contributed by atoms with Gasteiger partial charge in [0.15, 0.2) is 0 Å². The van der Waals surface area contributed by atoms with Crippen LogP contribution in [-0.2, 0) is 29.1 Å². The Labute approximate surface area is 179 Å². The fourth-order valence-electron chi connectivity index (χ4n) is 3.35. The van der Waals surface area contributed by atoms with Crippen molar-refractivity contribution in [3.63, 3.8) is 0 Å². The van der Waals surface area contributed by atoms with Gasteiger partial charge in [-0.15, -0.1) is 0 Å². The monoisotopic (exact) mass is 417 g/mol. The molecule has 0 radical (unpaired) electrons. The number of alkyl carbamates (subject to hydrolysis) is 1. The SMILES string of the molecule is O=C(N[C@@H](Cc1c[nH]c2ccccc12)C(=O)NCc1ccco1)OCc1ccccc1. The molecule has 2 aromatic carbocycles. The molecule has 0 aliphatic carbocycles. The summed E-state index contributed by atoms with van der Waals surface area (Å²) >= 11 is 0. The Morgan fingerprint density at radius 1 is 1.00 bits per heavy atom. The van der Waals surface area contributed by atoms with Crippen LogP contribution in [0.3, 0.4) is 0 Å². The van der Waals surface area contributed by atoms with Crippen LogP contribution in [0.25, 0.3) is 10.9 Å². The van der Waals surface area contributed by atoms with Crippen molar-refractivity contribution in [3.05, 3.63) is 96.1 Å². The van der Waals surface area contributed by atoms with E-state index >= 15 is 0 Å². The lowest BCUT2D eigenvalue weighted by molar-refractivity contribution is -0.123. The average molecular weight is 417 g/mol. The topological polar surface area (TPSA) is 96.4 Å². The third-order valence-corrected chi connectivity index (χ3v) is 4.94. The van der Waals surface area contributed by atoms with Crippen LogP contribution < -0.4 is 10.6 Å². The van der Waals surface area contributed by atoms with Gasteiger partial charge >= 0.3 is 6.09 Å². The summed E-state index contributed by atoms with van der Waals surface area (Å²) < 4.78 is 10.6. The minimum Gasteiger partial charge on any atom is -0.467 e. The minimum atomic E-state index is -0.808. The summed E-state index contributed by atoms with van der Waals surface area (Å²) in [6, 6.07) is 19.9. The largest absolute Gasteiger partial charge is 0.467 e. The van der Waals surface area contributed by atoms with E-state index < -0.39 is 12.1 Å². The predicted octanol–water partition coefficient (Wildman–Crippen LogP) is 3.91. The molecule has 1 atom stereocenters. The number of aromatic nitrogens is 1. The van der Waals surface area contributed by atoms with Crippen molar-refractivity contribution >= 4 is 22.9 Å². The Hall–Kier alpha value is -4.00. The van der Waals surface area contributed by atoms with E-state index in [2.05, 4.69) is 15.6 Å². The number of H-pyrrole nitrogens is 1. The van der Waals surface area contributed by atoms with Crippen molar-refractivity contribution in [2.24, 2.45) is 0 Å². The zero-order valence-electron chi connectivity index (χ0n) is 16.8. The first-order chi connectivity index (χ1) is 15.2. The number of carbonyl (C=O) groups excluding carboxylic acids is 2. The Balaban J connectivity index is 1.44. The number of para-hydroxylation sites is 1. The molecule has 0 aliphatic heterocycles. The molecule has 31 heavy (non-hydrogen) atoms. The molecule has 2 aromatic heterocycles. The smallest absolute Gasteiger partial charge is 0.408 e. The lowest BCUT2D eigenvalue weighted by atomic mass is 10.0. The average Bonchev–Trinajstić information content (AvgIpc) is 3.47. The minimum absolute atomic E-state index is 0.125. The van der Waals surface area contributed by atoms with E-state index in [1.807, 2.05) is 60.8 Å². The van der Waals surface area contributed by atoms with Gasteiger partial charge in [0.25, 0.3) is 0 Å². The van der Waals surface area contributed by atoms with Gasteiger partial charge in [-0.05, 0) is 29.3 Å². The van der Waals surface area contributed by atoms with Crippen LogP contribution in [0.4, 0.5) is 4.79 Å². The van der Waals surface area contributed by atoms with Gasteiger partial charge in [-0.25, -0.2) is 4.79 Å². The number of benzene rings is 2. The van der Waals surface area contributed by atoms with Gasteiger partial charge in [0.2, 0.25) is 5.91 Å². The zero-order chi connectivity index (χ0) is 21.5. The highest BCUT2D eigenvalue weighted by molar-refractivity contribution is 5.88. The van der Waals surface area contributed by atoms with Crippen LogP contribution >= 0.6 is 0 Å². The summed E-state index contributed by atoms with van der Waals surface area (Å²) in [6.45, 7) is 0.359. The van der Waals surface area contributed by atoms with E-state index in [4.69, 9.17) is 9.15 Å². The molecule has 0 aliphatic rings. The Bertz CT molecular complexity index is 1140. The molecule has 0 unspecified atom stereocenters. The summed E-state index contributed by atoms with van der Waals surface area (Å²) in [6.07, 6.45) is 3.06. The van der Waals surface area contributed by atoms with Gasteiger partial charge in [0.1, 0.15) is 18.4 Å². The fraction of sp³-hybridized carbons (Fsp3) is 0.167. The second-order valence-corrected chi connectivity index (χ2v) is 7.12. The third-order valence-electron chi connectivity index (χ3n) is 4.94. The van der Waals surface area contributed by atoms with Gasteiger partial charge in [-0.2, -0.15) is 0 Å². The maximum atomic E-state index is 12.9. The number of furan rings is 1. The Kier molecular flexibility index (Phi) is 6.32. The lowest BCUT2D eigenvalue weighted by Crippen LogP contribution is -2.47.